The van der Waals surface area contributed by atoms with Crippen LogP contribution in [0.4, 0.5) is 0 Å². The fourth-order valence-corrected chi connectivity index (χ4v) is 2.60. The van der Waals surface area contributed by atoms with Crippen molar-refractivity contribution in [2.75, 3.05) is 13.2 Å². The molecule has 0 atom stereocenters. The summed E-state index contributed by atoms with van der Waals surface area (Å²) < 4.78 is 21.3. The lowest BCUT2D eigenvalue weighted by Crippen LogP contribution is -2.34. The van der Waals surface area contributed by atoms with Crippen molar-refractivity contribution in [1.82, 2.24) is 0 Å². The van der Waals surface area contributed by atoms with E-state index in [9.17, 15) is 8.42 Å². The average Bonchev–Trinajstić information content (AvgIpc) is 2.79. The van der Waals surface area contributed by atoms with Crippen LogP contribution in [0.5, 0.6) is 0 Å². The van der Waals surface area contributed by atoms with Crippen molar-refractivity contribution in [3.8, 4) is 0 Å². The van der Waals surface area contributed by atoms with Crippen LogP contribution in [0.2, 0.25) is 0 Å². The zero-order valence-electron chi connectivity index (χ0n) is 7.31. The van der Waals surface area contributed by atoms with Gasteiger partial charge in [-0.1, -0.05) is 0 Å². The number of hydrogen-bond donors (Lipinski definition) is 3. The molecule has 1 fully saturated rings. The molecule has 0 aliphatic heterocycles. The van der Waals surface area contributed by atoms with Gasteiger partial charge >= 0.3 is 0 Å². The van der Waals surface area contributed by atoms with E-state index >= 15 is 0 Å². The van der Waals surface area contributed by atoms with E-state index < -0.39 is 14.8 Å². The topological polar surface area (TPSA) is 101 Å². The highest BCUT2D eigenvalue weighted by Crippen LogP contribution is 2.46. The Bertz CT molecular complexity index is 266. The molecule has 5 nitrogen and oxygen atoms in total. The fourth-order valence-electron chi connectivity index (χ4n) is 1.46. The second-order valence-electron chi connectivity index (χ2n) is 3.66. The molecule has 0 heterocycles. The Morgan fingerprint density at radius 3 is 2.00 bits per heavy atom. The second-order valence-corrected chi connectivity index (χ2v) is 5.62. The molecule has 1 aliphatic rings. The molecular formula is C7H15NO4S. The van der Waals surface area contributed by atoms with Gasteiger partial charge in [0.25, 0.3) is 0 Å². The van der Waals surface area contributed by atoms with Crippen LogP contribution in [0.3, 0.4) is 0 Å². The normalized spacial score (nSPS) is 20.6. The third-order valence-corrected chi connectivity index (χ3v) is 4.37. The highest BCUT2D eigenvalue weighted by atomic mass is 32.2. The van der Waals surface area contributed by atoms with Crippen molar-refractivity contribution in [3.05, 3.63) is 0 Å². The van der Waals surface area contributed by atoms with Crippen molar-refractivity contribution >= 4 is 10.0 Å². The van der Waals surface area contributed by atoms with E-state index in [1.54, 1.807) is 0 Å². The van der Waals surface area contributed by atoms with Crippen molar-refractivity contribution in [1.29, 1.82) is 0 Å². The van der Waals surface area contributed by atoms with E-state index in [1.165, 1.54) is 0 Å². The first kappa shape index (κ1) is 10.9. The van der Waals surface area contributed by atoms with E-state index in [0.717, 1.165) is 0 Å². The van der Waals surface area contributed by atoms with E-state index in [1.807, 2.05) is 0 Å². The summed E-state index contributed by atoms with van der Waals surface area (Å²) in [6.45, 7) is -0.401. The number of aliphatic hydroxyl groups is 2. The third kappa shape index (κ3) is 2.19. The summed E-state index contributed by atoms with van der Waals surface area (Å²) in [4.78, 5) is 0. The van der Waals surface area contributed by atoms with Crippen LogP contribution in [0.1, 0.15) is 19.3 Å². The van der Waals surface area contributed by atoms with E-state index in [-0.39, 0.29) is 25.6 Å². The molecule has 1 rings (SSSR count). The Kier molecular flexibility index (Phi) is 2.96. The first-order valence-electron chi connectivity index (χ1n) is 4.19. The summed E-state index contributed by atoms with van der Waals surface area (Å²) in [5, 5.41) is 22.6. The molecule has 4 N–H and O–H groups in total. The lowest BCUT2D eigenvalue weighted by molar-refractivity contribution is 0.141. The molecule has 78 valence electrons. The Labute approximate surface area is 77.6 Å². The van der Waals surface area contributed by atoms with Crippen LogP contribution >= 0.6 is 0 Å². The van der Waals surface area contributed by atoms with E-state index in [2.05, 4.69) is 0 Å². The van der Waals surface area contributed by atoms with Crippen LogP contribution in [0.25, 0.3) is 0 Å². The number of hydrogen-bond acceptors (Lipinski definition) is 4. The fraction of sp³-hybridized carbons (Fsp3) is 1.00. The van der Waals surface area contributed by atoms with Gasteiger partial charge in [0.2, 0.25) is 10.0 Å². The van der Waals surface area contributed by atoms with Gasteiger partial charge in [0, 0.05) is 19.1 Å². The van der Waals surface area contributed by atoms with E-state index in [4.69, 9.17) is 15.4 Å². The molecule has 0 aromatic heterocycles. The molecular weight excluding hydrogens is 194 g/mol. The number of sulfonamides is 1. The Hall–Kier alpha value is -0.170. The summed E-state index contributed by atoms with van der Waals surface area (Å²) in [6.07, 6.45) is 1.35. The molecule has 0 bridgehead atoms. The molecule has 0 amide bonds. The molecule has 0 radical (unpaired) electrons. The molecule has 0 unspecified atom stereocenters. The number of primary sulfonamides is 1. The maximum Gasteiger partial charge on any atom is 0.214 e. The van der Waals surface area contributed by atoms with Gasteiger partial charge in [-0.15, -0.1) is 0 Å². The SMILES string of the molecule is NS(=O)(=O)C1(CC(CO)CO)CC1. The minimum atomic E-state index is -3.53. The molecule has 0 saturated heterocycles. The van der Waals surface area contributed by atoms with Crippen LogP contribution in [0, 0.1) is 5.92 Å². The average molecular weight is 209 g/mol. The van der Waals surface area contributed by atoms with Crippen molar-refractivity contribution in [2.24, 2.45) is 11.1 Å². The van der Waals surface area contributed by atoms with Crippen molar-refractivity contribution < 1.29 is 18.6 Å². The monoisotopic (exact) mass is 209 g/mol. The largest absolute Gasteiger partial charge is 0.396 e. The summed E-state index contributed by atoms with van der Waals surface area (Å²) in [7, 11) is -3.53. The van der Waals surface area contributed by atoms with Gasteiger partial charge < -0.3 is 10.2 Å². The summed E-state index contributed by atoms with van der Waals surface area (Å²) in [5.41, 5.74) is 0. The first-order valence-corrected chi connectivity index (χ1v) is 5.74. The van der Waals surface area contributed by atoms with Gasteiger partial charge in [0.1, 0.15) is 0 Å². The lowest BCUT2D eigenvalue weighted by atomic mass is 10.0. The van der Waals surface area contributed by atoms with Crippen LogP contribution in [0.15, 0.2) is 0 Å². The predicted molar refractivity (Wildman–Crippen MR) is 47.4 cm³/mol. The minimum Gasteiger partial charge on any atom is -0.396 e. The Morgan fingerprint density at radius 2 is 1.77 bits per heavy atom. The van der Waals surface area contributed by atoms with Gasteiger partial charge in [0.15, 0.2) is 0 Å². The molecule has 0 aromatic carbocycles. The lowest BCUT2D eigenvalue weighted by Gasteiger charge is -2.17. The first-order chi connectivity index (χ1) is 5.95. The van der Waals surface area contributed by atoms with Crippen molar-refractivity contribution in [2.45, 2.75) is 24.0 Å². The maximum absolute atomic E-state index is 11.1. The van der Waals surface area contributed by atoms with Gasteiger partial charge in [-0.2, -0.15) is 0 Å². The van der Waals surface area contributed by atoms with Gasteiger partial charge in [-0.25, -0.2) is 13.6 Å². The minimum absolute atomic E-state index is 0.201. The standard InChI is InChI=1S/C7H15NO4S/c8-13(11,12)7(1-2-7)3-6(4-9)5-10/h6,9-10H,1-5H2,(H2,8,11,12). The Balaban J connectivity index is 2.63. The van der Waals surface area contributed by atoms with Crippen LogP contribution in [-0.2, 0) is 10.0 Å². The number of rotatable bonds is 5. The maximum atomic E-state index is 11.1. The smallest absolute Gasteiger partial charge is 0.214 e. The molecule has 6 heteroatoms. The molecule has 0 spiro atoms. The number of nitrogens with two attached hydrogens (primary N) is 1. The predicted octanol–water partition coefficient (Wildman–Crippen LogP) is -1.20. The molecule has 1 aliphatic carbocycles. The zero-order valence-corrected chi connectivity index (χ0v) is 8.13. The van der Waals surface area contributed by atoms with Crippen LogP contribution < -0.4 is 5.14 Å². The zero-order chi connectivity index (χ0) is 10.1. The molecule has 0 aromatic rings. The summed E-state index contributed by atoms with van der Waals surface area (Å²) in [6, 6.07) is 0. The molecule has 1 saturated carbocycles. The Morgan fingerprint density at radius 1 is 1.31 bits per heavy atom. The van der Waals surface area contributed by atoms with Crippen LogP contribution in [-0.4, -0.2) is 36.6 Å². The second kappa shape index (κ2) is 3.53. The summed E-state index contributed by atoms with van der Waals surface area (Å²) >= 11 is 0. The van der Waals surface area contributed by atoms with Crippen molar-refractivity contribution in [3.63, 3.8) is 0 Å². The summed E-state index contributed by atoms with van der Waals surface area (Å²) in [5.74, 6) is -0.374. The van der Waals surface area contributed by atoms with Gasteiger partial charge in [-0.3, -0.25) is 0 Å². The number of aliphatic hydroxyl groups excluding tert-OH is 2. The quantitative estimate of drug-likeness (QED) is 0.529. The third-order valence-electron chi connectivity index (χ3n) is 2.59. The highest BCUT2D eigenvalue weighted by molar-refractivity contribution is 7.90. The van der Waals surface area contributed by atoms with E-state index in [0.29, 0.717) is 12.8 Å². The molecule has 13 heavy (non-hydrogen) atoms. The highest BCUT2D eigenvalue weighted by Gasteiger charge is 2.53. The van der Waals surface area contributed by atoms with Gasteiger partial charge in [-0.05, 0) is 19.3 Å². The van der Waals surface area contributed by atoms with Gasteiger partial charge in [0.05, 0.1) is 4.75 Å².